The Balaban J connectivity index is 1.87. The van der Waals surface area contributed by atoms with Gasteiger partial charge in [0.25, 0.3) is 0 Å². The maximum Gasteiger partial charge on any atom is 0.322 e. The van der Waals surface area contributed by atoms with Crippen LogP contribution in [0, 0.1) is 6.92 Å². The molecule has 7 heteroatoms. The Morgan fingerprint density at radius 1 is 1.40 bits per heavy atom. The van der Waals surface area contributed by atoms with Crippen LogP contribution in [-0.2, 0) is 4.79 Å². The number of carbonyl (C=O) groups is 1. The maximum atomic E-state index is 12.0. The van der Waals surface area contributed by atoms with E-state index in [1.54, 1.807) is 6.92 Å². The van der Waals surface area contributed by atoms with Gasteiger partial charge in [0.05, 0.1) is 13.2 Å². The van der Waals surface area contributed by atoms with Crippen LogP contribution in [0.15, 0.2) is 4.42 Å². The fraction of sp³-hybridized carbons (Fsp3) is 0.769. The van der Waals surface area contributed by atoms with Gasteiger partial charge in [0, 0.05) is 19.5 Å². The van der Waals surface area contributed by atoms with Gasteiger partial charge < -0.3 is 9.52 Å². The van der Waals surface area contributed by atoms with Gasteiger partial charge in [-0.25, -0.2) is 0 Å². The number of aliphatic hydroxyl groups is 1. The standard InChI is InChI=1S/C13H22N4O3/c1-10-15-16-13(20-10)14-12(19)9-17(7-8-18)11-5-3-2-4-6-11/h11,18H,2-9H2,1H3,(H,14,16,19). The van der Waals surface area contributed by atoms with Crippen LogP contribution >= 0.6 is 0 Å². The van der Waals surface area contributed by atoms with Crippen LogP contribution in [0.5, 0.6) is 0 Å². The van der Waals surface area contributed by atoms with Gasteiger partial charge in [-0.05, 0) is 12.8 Å². The largest absolute Gasteiger partial charge is 0.408 e. The first kappa shape index (κ1) is 14.9. The summed E-state index contributed by atoms with van der Waals surface area (Å²) in [5.74, 6) is 0.229. The molecule has 1 aliphatic rings. The molecule has 2 rings (SSSR count). The Hall–Kier alpha value is -1.47. The van der Waals surface area contributed by atoms with Crippen molar-refractivity contribution >= 4 is 11.9 Å². The van der Waals surface area contributed by atoms with E-state index in [2.05, 4.69) is 15.5 Å². The average molecular weight is 282 g/mol. The molecule has 1 amide bonds. The van der Waals surface area contributed by atoms with Crippen molar-refractivity contribution in [3.63, 3.8) is 0 Å². The van der Waals surface area contributed by atoms with Crippen molar-refractivity contribution in [3.8, 4) is 0 Å². The van der Waals surface area contributed by atoms with E-state index in [1.807, 2.05) is 4.90 Å². The lowest BCUT2D eigenvalue weighted by atomic mass is 9.94. The van der Waals surface area contributed by atoms with Crippen LogP contribution in [-0.4, -0.2) is 51.8 Å². The molecule has 0 aromatic carbocycles. The van der Waals surface area contributed by atoms with E-state index < -0.39 is 0 Å². The molecule has 0 spiro atoms. The summed E-state index contributed by atoms with van der Waals surface area (Å²) in [7, 11) is 0. The predicted molar refractivity (Wildman–Crippen MR) is 73.2 cm³/mol. The summed E-state index contributed by atoms with van der Waals surface area (Å²) in [6.45, 7) is 2.49. The van der Waals surface area contributed by atoms with Gasteiger partial charge in [-0.15, -0.1) is 5.10 Å². The highest BCUT2D eigenvalue weighted by molar-refractivity contribution is 5.90. The highest BCUT2D eigenvalue weighted by Crippen LogP contribution is 2.22. The fourth-order valence-corrected chi connectivity index (χ4v) is 2.66. The van der Waals surface area contributed by atoms with E-state index in [0.717, 1.165) is 12.8 Å². The van der Waals surface area contributed by atoms with E-state index in [9.17, 15) is 4.79 Å². The third kappa shape index (κ3) is 4.28. The molecule has 0 saturated heterocycles. The minimum Gasteiger partial charge on any atom is -0.408 e. The van der Waals surface area contributed by atoms with Gasteiger partial charge in [-0.1, -0.05) is 24.4 Å². The van der Waals surface area contributed by atoms with Crippen LogP contribution < -0.4 is 5.32 Å². The van der Waals surface area contributed by atoms with Crippen LogP contribution in [0.1, 0.15) is 38.0 Å². The molecule has 1 fully saturated rings. The minimum absolute atomic E-state index is 0.0590. The van der Waals surface area contributed by atoms with Gasteiger partial charge in [0.15, 0.2) is 0 Å². The minimum atomic E-state index is -0.187. The Morgan fingerprint density at radius 3 is 2.75 bits per heavy atom. The van der Waals surface area contributed by atoms with Gasteiger partial charge in [0.2, 0.25) is 11.8 Å². The Bertz CT molecular complexity index is 429. The molecule has 0 bridgehead atoms. The monoisotopic (exact) mass is 282 g/mol. The molecule has 0 aliphatic heterocycles. The van der Waals surface area contributed by atoms with Crippen molar-refractivity contribution in [1.82, 2.24) is 15.1 Å². The summed E-state index contributed by atoms with van der Waals surface area (Å²) >= 11 is 0. The van der Waals surface area contributed by atoms with E-state index in [4.69, 9.17) is 9.52 Å². The molecule has 2 N–H and O–H groups in total. The molecule has 0 radical (unpaired) electrons. The Morgan fingerprint density at radius 2 is 2.15 bits per heavy atom. The molecule has 0 atom stereocenters. The molecular formula is C13H22N4O3. The molecule has 1 aliphatic carbocycles. The number of aryl methyl sites for hydroxylation is 1. The van der Waals surface area contributed by atoms with Gasteiger partial charge in [0.1, 0.15) is 0 Å². The normalized spacial score (nSPS) is 16.6. The zero-order valence-corrected chi connectivity index (χ0v) is 11.8. The van der Waals surface area contributed by atoms with Gasteiger partial charge in [-0.2, -0.15) is 0 Å². The number of anilines is 1. The van der Waals surface area contributed by atoms with E-state index in [1.165, 1.54) is 19.3 Å². The molecular weight excluding hydrogens is 260 g/mol. The van der Waals surface area contributed by atoms with Crippen molar-refractivity contribution in [3.05, 3.63) is 5.89 Å². The Kier molecular flexibility index (Phi) is 5.49. The van der Waals surface area contributed by atoms with Crippen molar-refractivity contribution < 1.29 is 14.3 Å². The van der Waals surface area contributed by atoms with Gasteiger partial charge >= 0.3 is 6.01 Å². The molecule has 1 saturated carbocycles. The number of aliphatic hydroxyl groups excluding tert-OH is 1. The highest BCUT2D eigenvalue weighted by Gasteiger charge is 2.23. The number of hydrogen-bond acceptors (Lipinski definition) is 6. The lowest BCUT2D eigenvalue weighted by Crippen LogP contribution is -2.43. The van der Waals surface area contributed by atoms with Crippen molar-refractivity contribution in [2.75, 3.05) is 25.0 Å². The summed E-state index contributed by atoms with van der Waals surface area (Å²) < 4.78 is 5.12. The lowest BCUT2D eigenvalue weighted by molar-refractivity contribution is -0.118. The molecule has 1 aromatic heterocycles. The number of amides is 1. The Labute approximate surface area is 118 Å². The number of nitrogens with zero attached hydrogens (tertiary/aromatic N) is 3. The highest BCUT2D eigenvalue weighted by atomic mass is 16.4. The first-order chi connectivity index (χ1) is 9.69. The maximum absolute atomic E-state index is 12.0. The van der Waals surface area contributed by atoms with Crippen LogP contribution in [0.3, 0.4) is 0 Å². The third-order valence-corrected chi connectivity index (χ3v) is 3.60. The first-order valence-electron chi connectivity index (χ1n) is 7.14. The number of rotatable bonds is 6. The molecule has 7 nitrogen and oxygen atoms in total. The van der Waals surface area contributed by atoms with Crippen LogP contribution in [0.2, 0.25) is 0 Å². The summed E-state index contributed by atoms with van der Waals surface area (Å²) in [4.78, 5) is 14.0. The predicted octanol–water partition coefficient (Wildman–Crippen LogP) is 0.944. The summed E-state index contributed by atoms with van der Waals surface area (Å²) in [6, 6.07) is 0.506. The van der Waals surface area contributed by atoms with Crippen molar-refractivity contribution in [1.29, 1.82) is 0 Å². The summed E-state index contributed by atoms with van der Waals surface area (Å²) in [6.07, 6.45) is 5.82. The first-order valence-corrected chi connectivity index (χ1v) is 7.14. The lowest BCUT2D eigenvalue weighted by Gasteiger charge is -2.33. The zero-order chi connectivity index (χ0) is 14.4. The second-order valence-electron chi connectivity index (χ2n) is 5.16. The average Bonchev–Trinajstić information content (AvgIpc) is 2.84. The fourth-order valence-electron chi connectivity index (χ4n) is 2.66. The molecule has 1 aromatic rings. The SMILES string of the molecule is Cc1nnc(NC(=O)CN(CCO)C2CCCCC2)o1. The van der Waals surface area contributed by atoms with Gasteiger partial charge in [-0.3, -0.25) is 15.0 Å². The number of aromatic nitrogens is 2. The summed E-state index contributed by atoms with van der Waals surface area (Å²) in [5.41, 5.74) is 0. The van der Waals surface area contributed by atoms with E-state index in [0.29, 0.717) is 18.5 Å². The van der Waals surface area contributed by atoms with Crippen LogP contribution in [0.4, 0.5) is 6.01 Å². The molecule has 1 heterocycles. The number of carbonyl (C=O) groups excluding carboxylic acids is 1. The number of hydrogen-bond donors (Lipinski definition) is 2. The van der Waals surface area contributed by atoms with E-state index in [-0.39, 0.29) is 25.1 Å². The van der Waals surface area contributed by atoms with Crippen molar-refractivity contribution in [2.45, 2.75) is 45.1 Å². The summed E-state index contributed by atoms with van der Waals surface area (Å²) in [5, 5.41) is 19.1. The van der Waals surface area contributed by atoms with Crippen LogP contribution in [0.25, 0.3) is 0 Å². The van der Waals surface area contributed by atoms with E-state index >= 15 is 0 Å². The second-order valence-corrected chi connectivity index (χ2v) is 5.16. The second kappa shape index (κ2) is 7.35. The molecule has 0 unspecified atom stereocenters. The molecule has 112 valence electrons. The quantitative estimate of drug-likeness (QED) is 0.807. The number of nitrogens with one attached hydrogen (secondary N) is 1. The van der Waals surface area contributed by atoms with Crippen molar-refractivity contribution in [2.24, 2.45) is 0 Å². The molecule has 20 heavy (non-hydrogen) atoms. The third-order valence-electron chi connectivity index (χ3n) is 3.60. The smallest absolute Gasteiger partial charge is 0.322 e. The zero-order valence-electron chi connectivity index (χ0n) is 11.8. The topological polar surface area (TPSA) is 91.5 Å².